The zero-order valence-corrected chi connectivity index (χ0v) is 22.5. The van der Waals surface area contributed by atoms with Gasteiger partial charge in [-0.05, 0) is 48.6 Å². The highest BCUT2D eigenvalue weighted by Crippen LogP contribution is 2.59. The summed E-state index contributed by atoms with van der Waals surface area (Å²) in [5, 5.41) is 11.5. The number of anilines is 1. The van der Waals surface area contributed by atoms with E-state index in [-0.39, 0.29) is 30.9 Å². The molecule has 1 spiro atoms. The number of carbonyl (C=O) groups excluding carboxylic acids is 3. The molecule has 0 radical (unpaired) electrons. The summed E-state index contributed by atoms with van der Waals surface area (Å²) >= 11 is 0. The Morgan fingerprint density at radius 3 is 2.56 bits per heavy atom. The molecule has 0 aliphatic carbocycles. The molecule has 3 aliphatic rings. The first kappa shape index (κ1) is 27.1. The number of ether oxygens (including phenoxy) is 1. The topological polar surface area (TPSA) is 90.4 Å². The molecule has 8 nitrogen and oxygen atoms in total. The van der Waals surface area contributed by atoms with Crippen LogP contribution in [0.4, 0.5) is 5.69 Å². The minimum Gasteiger partial charge on any atom is -0.396 e. The van der Waals surface area contributed by atoms with E-state index in [0.717, 1.165) is 10.8 Å². The molecule has 3 aliphatic heterocycles. The molecule has 3 saturated heterocycles. The number of amides is 3. The number of rotatable bonds is 11. The molecule has 0 saturated carbocycles. The Kier molecular flexibility index (Phi) is 7.60. The lowest BCUT2D eigenvalue weighted by molar-refractivity contribution is -0.144. The van der Waals surface area contributed by atoms with Crippen molar-refractivity contribution in [3.63, 3.8) is 0 Å². The Balaban J connectivity index is 1.55. The number of fused-ring (bicyclic) bond motifs is 2. The van der Waals surface area contributed by atoms with E-state index in [1.165, 1.54) is 0 Å². The van der Waals surface area contributed by atoms with E-state index in [2.05, 4.69) is 13.2 Å². The molecule has 8 heteroatoms. The standard InChI is InChI=1S/C31H37N3O5/c1-4-16-32(3)28(36)25-24-14-15-31(39-24)26(25)29(37)34(18-8-9-19-35)27(31)30(38)33(17-5-2)23-13-12-21-10-6-7-11-22(21)20-23/h4-7,10-13,20,24-27,35H,1-2,8-9,14-19H2,3H3/t24-,25+,26+,27?,31?/m1/s1. The van der Waals surface area contributed by atoms with Crippen LogP contribution in [-0.4, -0.2) is 83.7 Å². The van der Waals surface area contributed by atoms with Crippen LogP contribution in [0, 0.1) is 11.8 Å². The molecule has 206 valence electrons. The average molecular weight is 532 g/mol. The number of hydrogen-bond donors (Lipinski definition) is 1. The second-order valence-electron chi connectivity index (χ2n) is 10.8. The Morgan fingerprint density at radius 2 is 1.85 bits per heavy atom. The lowest BCUT2D eigenvalue weighted by Gasteiger charge is -2.37. The van der Waals surface area contributed by atoms with Crippen LogP contribution in [-0.2, 0) is 19.1 Å². The van der Waals surface area contributed by atoms with Gasteiger partial charge in [-0.3, -0.25) is 14.4 Å². The number of carbonyl (C=O) groups is 3. The Bertz CT molecular complexity index is 1290. The highest BCUT2D eigenvalue weighted by atomic mass is 16.5. The van der Waals surface area contributed by atoms with Crippen LogP contribution in [0.2, 0.25) is 0 Å². The van der Waals surface area contributed by atoms with Crippen molar-refractivity contribution in [2.24, 2.45) is 11.8 Å². The van der Waals surface area contributed by atoms with Gasteiger partial charge in [0.15, 0.2) is 0 Å². The van der Waals surface area contributed by atoms with E-state index in [4.69, 9.17) is 4.74 Å². The zero-order valence-electron chi connectivity index (χ0n) is 22.5. The van der Waals surface area contributed by atoms with Crippen LogP contribution in [0.5, 0.6) is 0 Å². The molecule has 2 bridgehead atoms. The predicted molar refractivity (Wildman–Crippen MR) is 150 cm³/mol. The van der Waals surface area contributed by atoms with Gasteiger partial charge >= 0.3 is 0 Å². The lowest BCUT2D eigenvalue weighted by Crippen LogP contribution is -2.56. The van der Waals surface area contributed by atoms with Gasteiger partial charge in [0.25, 0.3) is 5.91 Å². The molecule has 5 rings (SSSR count). The Labute approximate surface area is 229 Å². The fraction of sp³-hybridized carbons (Fsp3) is 0.452. The van der Waals surface area contributed by atoms with E-state index < -0.39 is 29.6 Å². The van der Waals surface area contributed by atoms with Crippen molar-refractivity contribution in [2.75, 3.05) is 38.2 Å². The fourth-order valence-electron chi connectivity index (χ4n) is 6.83. The van der Waals surface area contributed by atoms with Crippen LogP contribution in [0.3, 0.4) is 0 Å². The van der Waals surface area contributed by atoms with Gasteiger partial charge in [0.05, 0.1) is 17.9 Å². The summed E-state index contributed by atoms with van der Waals surface area (Å²) < 4.78 is 6.56. The number of aliphatic hydroxyl groups is 1. The molecular formula is C31H37N3O5. The minimum absolute atomic E-state index is 0.000919. The molecule has 2 unspecified atom stereocenters. The number of nitrogens with zero attached hydrogens (tertiary/aromatic N) is 3. The summed E-state index contributed by atoms with van der Waals surface area (Å²) in [6, 6.07) is 13.0. The first-order chi connectivity index (χ1) is 18.9. The van der Waals surface area contributed by atoms with Crippen molar-refractivity contribution in [3.05, 3.63) is 67.8 Å². The van der Waals surface area contributed by atoms with Gasteiger partial charge in [0, 0.05) is 39.0 Å². The molecule has 3 heterocycles. The van der Waals surface area contributed by atoms with Gasteiger partial charge in [0.2, 0.25) is 11.8 Å². The molecule has 5 atom stereocenters. The third kappa shape index (κ3) is 4.45. The second kappa shape index (κ2) is 10.9. The molecule has 2 aromatic rings. The van der Waals surface area contributed by atoms with Gasteiger partial charge < -0.3 is 24.5 Å². The van der Waals surface area contributed by atoms with Crippen molar-refractivity contribution in [1.82, 2.24) is 9.80 Å². The van der Waals surface area contributed by atoms with Crippen molar-refractivity contribution in [3.8, 4) is 0 Å². The lowest BCUT2D eigenvalue weighted by atomic mass is 9.70. The maximum absolute atomic E-state index is 14.5. The van der Waals surface area contributed by atoms with Gasteiger partial charge in [-0.25, -0.2) is 0 Å². The summed E-state index contributed by atoms with van der Waals surface area (Å²) in [4.78, 5) is 47.0. The maximum Gasteiger partial charge on any atom is 0.253 e. The molecule has 2 aromatic carbocycles. The molecule has 3 amide bonds. The van der Waals surface area contributed by atoms with E-state index >= 15 is 0 Å². The number of unbranched alkanes of at least 4 members (excludes halogenated alkanes) is 1. The van der Waals surface area contributed by atoms with Crippen molar-refractivity contribution < 1.29 is 24.2 Å². The molecule has 1 N–H and O–H groups in total. The summed E-state index contributed by atoms with van der Waals surface area (Å²) in [6.45, 7) is 8.56. The van der Waals surface area contributed by atoms with Crippen LogP contribution in [0.15, 0.2) is 67.8 Å². The number of hydrogen-bond acceptors (Lipinski definition) is 5. The summed E-state index contributed by atoms with van der Waals surface area (Å²) in [6.07, 6.45) is 5.15. The number of likely N-dealkylation sites (N-methyl/N-ethyl adjacent to an activating group) is 1. The number of likely N-dealkylation sites (tertiary alicyclic amines) is 1. The van der Waals surface area contributed by atoms with Gasteiger partial charge in [-0.2, -0.15) is 0 Å². The summed E-state index contributed by atoms with van der Waals surface area (Å²) in [5.74, 6) is -1.96. The number of aliphatic hydroxyl groups excluding tert-OH is 1. The predicted octanol–water partition coefficient (Wildman–Crippen LogP) is 3.15. The highest BCUT2D eigenvalue weighted by Gasteiger charge is 2.74. The van der Waals surface area contributed by atoms with E-state index in [9.17, 15) is 19.5 Å². The normalized spacial score (nSPS) is 27.0. The van der Waals surface area contributed by atoms with E-state index in [1.54, 1.807) is 33.9 Å². The summed E-state index contributed by atoms with van der Waals surface area (Å²) in [7, 11) is 1.70. The first-order valence-electron chi connectivity index (χ1n) is 13.7. The van der Waals surface area contributed by atoms with Crippen LogP contribution < -0.4 is 4.90 Å². The quantitative estimate of drug-likeness (QED) is 0.355. The average Bonchev–Trinajstić information content (AvgIpc) is 3.58. The molecule has 0 aromatic heterocycles. The third-order valence-electron chi connectivity index (χ3n) is 8.53. The van der Waals surface area contributed by atoms with Crippen LogP contribution >= 0.6 is 0 Å². The smallest absolute Gasteiger partial charge is 0.253 e. The van der Waals surface area contributed by atoms with Crippen LogP contribution in [0.25, 0.3) is 10.8 Å². The fourth-order valence-corrected chi connectivity index (χ4v) is 6.83. The highest BCUT2D eigenvalue weighted by molar-refractivity contribution is 6.05. The molecular weight excluding hydrogens is 494 g/mol. The Morgan fingerprint density at radius 1 is 1.10 bits per heavy atom. The van der Waals surface area contributed by atoms with Gasteiger partial charge in [-0.1, -0.05) is 42.5 Å². The molecule has 3 fully saturated rings. The van der Waals surface area contributed by atoms with E-state index in [1.807, 2.05) is 42.5 Å². The zero-order chi connectivity index (χ0) is 27.7. The maximum atomic E-state index is 14.5. The minimum atomic E-state index is -1.07. The Hall–Kier alpha value is -3.49. The third-order valence-corrected chi connectivity index (χ3v) is 8.53. The van der Waals surface area contributed by atoms with Gasteiger partial charge in [-0.15, -0.1) is 13.2 Å². The van der Waals surface area contributed by atoms with Gasteiger partial charge in [0.1, 0.15) is 11.6 Å². The first-order valence-corrected chi connectivity index (χ1v) is 13.7. The van der Waals surface area contributed by atoms with Crippen LogP contribution in [0.1, 0.15) is 25.7 Å². The van der Waals surface area contributed by atoms with Crippen molar-refractivity contribution in [2.45, 2.75) is 43.4 Å². The van der Waals surface area contributed by atoms with Crippen molar-refractivity contribution in [1.29, 1.82) is 0 Å². The monoisotopic (exact) mass is 531 g/mol. The second-order valence-corrected chi connectivity index (χ2v) is 10.8. The largest absolute Gasteiger partial charge is 0.396 e. The molecule has 39 heavy (non-hydrogen) atoms. The SMILES string of the molecule is C=CCN(C)C(=O)[C@@H]1[C@H]2C(=O)N(CCCCO)C(C(=O)N(CC=C)c3ccc4ccccc4c3)C23CC[C@H]1O3. The van der Waals surface area contributed by atoms with Crippen molar-refractivity contribution >= 4 is 34.2 Å². The van der Waals surface area contributed by atoms with E-state index in [0.29, 0.717) is 44.5 Å². The summed E-state index contributed by atoms with van der Waals surface area (Å²) in [5.41, 5.74) is -0.351. The number of benzene rings is 2.